The summed E-state index contributed by atoms with van der Waals surface area (Å²) in [5, 5.41) is 12.7. The fraction of sp³-hybridized carbons (Fsp3) is 0.611. The van der Waals surface area contributed by atoms with Gasteiger partial charge in [0.25, 0.3) is 0 Å². The molecule has 26 heavy (non-hydrogen) atoms. The van der Waals surface area contributed by atoms with Crippen LogP contribution >= 0.6 is 11.6 Å². The number of carbonyl (C=O) groups excluding carboxylic acids is 1. The Morgan fingerprint density at radius 2 is 2.04 bits per heavy atom. The Balaban J connectivity index is 1.46. The molecule has 140 valence electrons. The molecule has 0 radical (unpaired) electrons. The predicted molar refractivity (Wildman–Crippen MR) is 97.6 cm³/mol. The molecule has 1 saturated heterocycles. The molecular formula is C18H23ClN4O3. The van der Waals surface area contributed by atoms with Gasteiger partial charge in [-0.3, -0.25) is 9.69 Å². The first-order chi connectivity index (χ1) is 12.5. The summed E-state index contributed by atoms with van der Waals surface area (Å²) in [6.45, 7) is 2.83. The van der Waals surface area contributed by atoms with E-state index in [-0.39, 0.29) is 5.91 Å². The molecule has 4 rings (SSSR count). The molecule has 3 aliphatic rings. The van der Waals surface area contributed by atoms with E-state index in [4.69, 9.17) is 11.6 Å². The molecule has 0 atom stereocenters. The van der Waals surface area contributed by atoms with E-state index in [0.29, 0.717) is 30.0 Å². The highest BCUT2D eigenvalue weighted by atomic mass is 35.5. The summed E-state index contributed by atoms with van der Waals surface area (Å²) in [6, 6.07) is 2.28. The van der Waals surface area contributed by atoms with E-state index in [0.717, 1.165) is 50.8 Å². The third-order valence-electron chi connectivity index (χ3n) is 6.16. The molecular weight excluding hydrogens is 356 g/mol. The standard InChI is InChI=1S/C18H23ClN4O3/c19-12-10-14-15(20-11-12)21-16(24)18(14)4-2-13(3-5-18)22-6-1-7-23(9-8-22)17(25)26/h10-11,13H,1-9H2,(H,25,26)(H,20,21,24). The van der Waals surface area contributed by atoms with Crippen molar-refractivity contribution in [3.8, 4) is 0 Å². The van der Waals surface area contributed by atoms with Gasteiger partial charge in [0.15, 0.2) is 0 Å². The molecule has 3 heterocycles. The molecule has 2 aliphatic heterocycles. The molecule has 1 spiro atoms. The lowest BCUT2D eigenvalue weighted by Crippen LogP contribution is -2.46. The Morgan fingerprint density at radius 1 is 1.27 bits per heavy atom. The Bertz CT molecular complexity index is 733. The van der Waals surface area contributed by atoms with Gasteiger partial charge in [0.2, 0.25) is 5.91 Å². The number of nitrogens with one attached hydrogen (secondary N) is 1. The summed E-state index contributed by atoms with van der Waals surface area (Å²) in [6.07, 6.45) is 4.99. The Kier molecular flexibility index (Phi) is 4.52. The average Bonchev–Trinajstić information content (AvgIpc) is 2.81. The van der Waals surface area contributed by atoms with E-state index in [9.17, 15) is 14.7 Å². The fourth-order valence-electron chi connectivity index (χ4n) is 4.70. The maximum atomic E-state index is 12.7. The smallest absolute Gasteiger partial charge is 0.407 e. The van der Waals surface area contributed by atoms with Crippen molar-refractivity contribution in [2.24, 2.45) is 0 Å². The number of nitrogens with zero attached hydrogens (tertiary/aromatic N) is 3. The Hall–Kier alpha value is -1.86. The SMILES string of the molecule is O=C(O)N1CCCN(C2CCC3(CC2)C(=O)Nc2ncc(Cl)cc23)CC1. The van der Waals surface area contributed by atoms with E-state index < -0.39 is 11.5 Å². The lowest BCUT2D eigenvalue weighted by Gasteiger charge is -2.40. The van der Waals surface area contributed by atoms with Gasteiger partial charge in [-0.25, -0.2) is 9.78 Å². The van der Waals surface area contributed by atoms with Crippen molar-refractivity contribution in [2.45, 2.75) is 43.6 Å². The predicted octanol–water partition coefficient (Wildman–Crippen LogP) is 2.55. The number of pyridine rings is 1. The van der Waals surface area contributed by atoms with Crippen LogP contribution in [0.25, 0.3) is 0 Å². The molecule has 7 nitrogen and oxygen atoms in total. The molecule has 1 saturated carbocycles. The van der Waals surface area contributed by atoms with Crippen molar-refractivity contribution in [3.63, 3.8) is 0 Å². The van der Waals surface area contributed by atoms with Crippen LogP contribution in [0.5, 0.6) is 0 Å². The Labute approximate surface area is 157 Å². The second kappa shape index (κ2) is 6.70. The van der Waals surface area contributed by atoms with Crippen molar-refractivity contribution in [3.05, 3.63) is 22.8 Å². The summed E-state index contributed by atoms with van der Waals surface area (Å²) >= 11 is 6.12. The average molecular weight is 379 g/mol. The Morgan fingerprint density at radius 3 is 2.77 bits per heavy atom. The number of rotatable bonds is 1. The number of amides is 2. The zero-order valence-electron chi connectivity index (χ0n) is 14.6. The molecule has 1 aromatic heterocycles. The van der Waals surface area contributed by atoms with E-state index in [1.165, 1.54) is 4.90 Å². The van der Waals surface area contributed by atoms with Crippen molar-refractivity contribution in [2.75, 3.05) is 31.5 Å². The monoisotopic (exact) mass is 378 g/mol. The number of halogens is 1. The molecule has 2 fully saturated rings. The highest BCUT2D eigenvalue weighted by Crippen LogP contribution is 2.48. The molecule has 1 aliphatic carbocycles. The summed E-state index contributed by atoms with van der Waals surface area (Å²) < 4.78 is 0. The summed E-state index contributed by atoms with van der Waals surface area (Å²) in [5.41, 5.74) is 0.421. The van der Waals surface area contributed by atoms with Gasteiger partial charge in [-0.1, -0.05) is 11.6 Å². The van der Waals surface area contributed by atoms with E-state index in [1.807, 2.05) is 6.07 Å². The van der Waals surface area contributed by atoms with E-state index in [2.05, 4.69) is 15.2 Å². The molecule has 8 heteroatoms. The van der Waals surface area contributed by atoms with Gasteiger partial charge in [-0.15, -0.1) is 0 Å². The van der Waals surface area contributed by atoms with Crippen molar-refractivity contribution < 1.29 is 14.7 Å². The summed E-state index contributed by atoms with van der Waals surface area (Å²) in [7, 11) is 0. The number of anilines is 1. The minimum atomic E-state index is -0.835. The number of hydrogen-bond donors (Lipinski definition) is 2. The topological polar surface area (TPSA) is 85.8 Å². The first-order valence-electron chi connectivity index (χ1n) is 9.19. The number of aromatic nitrogens is 1. The van der Waals surface area contributed by atoms with Gasteiger partial charge in [0.05, 0.1) is 10.4 Å². The number of carboxylic acid groups (broad SMARTS) is 1. The lowest BCUT2D eigenvalue weighted by atomic mass is 9.69. The van der Waals surface area contributed by atoms with Gasteiger partial charge in [-0.2, -0.15) is 0 Å². The third kappa shape index (κ3) is 2.93. The molecule has 0 bridgehead atoms. The molecule has 2 N–H and O–H groups in total. The molecule has 0 aromatic carbocycles. The van der Waals surface area contributed by atoms with Crippen molar-refractivity contribution >= 4 is 29.4 Å². The van der Waals surface area contributed by atoms with Gasteiger partial charge in [-0.05, 0) is 38.2 Å². The first kappa shape index (κ1) is 17.5. The lowest BCUT2D eigenvalue weighted by molar-refractivity contribution is -0.122. The van der Waals surface area contributed by atoms with Crippen LogP contribution in [0.2, 0.25) is 5.02 Å². The minimum Gasteiger partial charge on any atom is -0.465 e. The zero-order chi connectivity index (χ0) is 18.3. The van der Waals surface area contributed by atoms with Gasteiger partial charge in [0.1, 0.15) is 5.82 Å². The summed E-state index contributed by atoms with van der Waals surface area (Å²) in [5.74, 6) is 0.679. The zero-order valence-corrected chi connectivity index (χ0v) is 15.3. The maximum Gasteiger partial charge on any atom is 0.407 e. The van der Waals surface area contributed by atoms with Gasteiger partial charge < -0.3 is 15.3 Å². The van der Waals surface area contributed by atoms with Crippen LogP contribution in [0, 0.1) is 0 Å². The molecule has 1 aromatic rings. The highest BCUT2D eigenvalue weighted by Gasteiger charge is 2.50. The third-order valence-corrected chi connectivity index (χ3v) is 6.37. The maximum absolute atomic E-state index is 12.7. The largest absolute Gasteiger partial charge is 0.465 e. The van der Waals surface area contributed by atoms with Crippen LogP contribution in [0.3, 0.4) is 0 Å². The molecule has 2 amide bonds. The number of hydrogen-bond acceptors (Lipinski definition) is 4. The number of carbonyl (C=O) groups is 2. The van der Waals surface area contributed by atoms with Crippen molar-refractivity contribution in [1.82, 2.24) is 14.8 Å². The summed E-state index contributed by atoms with van der Waals surface area (Å²) in [4.78, 5) is 32.1. The quantitative estimate of drug-likeness (QED) is 0.784. The number of fused-ring (bicyclic) bond motifs is 2. The van der Waals surface area contributed by atoms with Crippen LogP contribution in [0.1, 0.15) is 37.7 Å². The first-order valence-corrected chi connectivity index (χ1v) is 9.57. The second-order valence-electron chi connectivity index (χ2n) is 7.48. The van der Waals surface area contributed by atoms with Gasteiger partial charge in [0, 0.05) is 44.0 Å². The van der Waals surface area contributed by atoms with Crippen LogP contribution < -0.4 is 5.32 Å². The van der Waals surface area contributed by atoms with Crippen LogP contribution in [-0.4, -0.2) is 64.1 Å². The molecule has 0 unspecified atom stereocenters. The van der Waals surface area contributed by atoms with Crippen LogP contribution in [0.4, 0.5) is 10.6 Å². The fourth-order valence-corrected chi connectivity index (χ4v) is 4.86. The van der Waals surface area contributed by atoms with Gasteiger partial charge >= 0.3 is 6.09 Å². The van der Waals surface area contributed by atoms with Crippen LogP contribution in [0.15, 0.2) is 12.3 Å². The van der Waals surface area contributed by atoms with Crippen LogP contribution in [-0.2, 0) is 10.2 Å². The normalized spacial score (nSPS) is 29.3. The van der Waals surface area contributed by atoms with E-state index in [1.54, 1.807) is 6.20 Å². The van der Waals surface area contributed by atoms with Crippen molar-refractivity contribution in [1.29, 1.82) is 0 Å². The second-order valence-corrected chi connectivity index (χ2v) is 7.91. The van der Waals surface area contributed by atoms with E-state index >= 15 is 0 Å². The minimum absolute atomic E-state index is 0.0358. The highest BCUT2D eigenvalue weighted by molar-refractivity contribution is 6.30.